The Morgan fingerprint density at radius 2 is 2.06 bits per heavy atom. The van der Waals surface area contributed by atoms with Gasteiger partial charge in [0, 0.05) is 23.9 Å². The Morgan fingerprint density at radius 1 is 1.38 bits per heavy atom. The van der Waals surface area contributed by atoms with Crippen LogP contribution in [0.4, 0.5) is 0 Å². The summed E-state index contributed by atoms with van der Waals surface area (Å²) in [6.45, 7) is 4.15. The van der Waals surface area contributed by atoms with Gasteiger partial charge in [-0.05, 0) is 30.9 Å². The van der Waals surface area contributed by atoms with Gasteiger partial charge in [0.05, 0.1) is 0 Å². The third-order valence-corrected chi connectivity index (χ3v) is 3.03. The number of hydrogen-bond donors (Lipinski definition) is 1. The highest BCUT2D eigenvalue weighted by molar-refractivity contribution is 7.98. The fraction of sp³-hybridized carbons (Fsp3) is 0.385. The van der Waals surface area contributed by atoms with Crippen molar-refractivity contribution in [2.45, 2.75) is 6.92 Å². The molecule has 0 amide bonds. The van der Waals surface area contributed by atoms with Gasteiger partial charge in [-0.1, -0.05) is 35.4 Å². The summed E-state index contributed by atoms with van der Waals surface area (Å²) < 4.78 is 0. The standard InChI is InChI=1S/C13H18ClNS/c1-11(10-15-7-8-16-2)9-12-3-5-13(14)6-4-12/h3-6,9,15H,7-8,10H2,1-2H3/b11-9+. The van der Waals surface area contributed by atoms with E-state index in [9.17, 15) is 0 Å². The monoisotopic (exact) mass is 255 g/mol. The largest absolute Gasteiger partial charge is 0.312 e. The van der Waals surface area contributed by atoms with Gasteiger partial charge < -0.3 is 5.32 Å². The van der Waals surface area contributed by atoms with E-state index < -0.39 is 0 Å². The predicted octanol–water partition coefficient (Wildman–Crippen LogP) is 3.70. The van der Waals surface area contributed by atoms with E-state index in [1.807, 2.05) is 36.0 Å². The lowest BCUT2D eigenvalue weighted by molar-refractivity contribution is 0.785. The molecular formula is C13H18ClNS. The molecule has 0 bridgehead atoms. The van der Waals surface area contributed by atoms with E-state index >= 15 is 0 Å². The molecule has 0 saturated carbocycles. The van der Waals surface area contributed by atoms with Crippen LogP contribution in [-0.4, -0.2) is 25.1 Å². The maximum absolute atomic E-state index is 5.83. The van der Waals surface area contributed by atoms with Crippen molar-refractivity contribution in [3.05, 3.63) is 40.4 Å². The number of halogens is 1. The number of thioether (sulfide) groups is 1. The van der Waals surface area contributed by atoms with Crippen LogP contribution in [-0.2, 0) is 0 Å². The van der Waals surface area contributed by atoms with Crippen LogP contribution < -0.4 is 5.32 Å². The summed E-state index contributed by atoms with van der Waals surface area (Å²) in [6, 6.07) is 7.91. The highest BCUT2D eigenvalue weighted by Gasteiger charge is 1.92. The summed E-state index contributed by atoms with van der Waals surface area (Å²) >= 11 is 7.69. The highest BCUT2D eigenvalue weighted by atomic mass is 35.5. The lowest BCUT2D eigenvalue weighted by Gasteiger charge is -2.04. The zero-order valence-electron chi connectivity index (χ0n) is 9.79. The summed E-state index contributed by atoms with van der Waals surface area (Å²) in [5.41, 5.74) is 2.54. The van der Waals surface area contributed by atoms with Crippen LogP contribution in [0.3, 0.4) is 0 Å². The van der Waals surface area contributed by atoms with Gasteiger partial charge in [0.25, 0.3) is 0 Å². The van der Waals surface area contributed by atoms with Crippen molar-refractivity contribution in [3.63, 3.8) is 0 Å². The lowest BCUT2D eigenvalue weighted by Crippen LogP contribution is -2.18. The van der Waals surface area contributed by atoms with Crippen LogP contribution in [0.25, 0.3) is 6.08 Å². The minimum Gasteiger partial charge on any atom is -0.312 e. The van der Waals surface area contributed by atoms with Crippen LogP contribution in [0.5, 0.6) is 0 Å². The molecule has 0 atom stereocenters. The van der Waals surface area contributed by atoms with Gasteiger partial charge in [-0.15, -0.1) is 0 Å². The minimum atomic E-state index is 0.785. The maximum atomic E-state index is 5.83. The number of hydrogen-bond acceptors (Lipinski definition) is 2. The van der Waals surface area contributed by atoms with Crippen molar-refractivity contribution >= 4 is 29.4 Å². The van der Waals surface area contributed by atoms with Gasteiger partial charge in [0.15, 0.2) is 0 Å². The summed E-state index contributed by atoms with van der Waals surface area (Å²) in [7, 11) is 0. The van der Waals surface area contributed by atoms with E-state index in [1.54, 1.807) is 0 Å². The first kappa shape index (κ1) is 13.6. The highest BCUT2D eigenvalue weighted by Crippen LogP contribution is 2.12. The first-order valence-electron chi connectivity index (χ1n) is 5.35. The zero-order valence-corrected chi connectivity index (χ0v) is 11.4. The molecule has 0 heterocycles. The molecular weight excluding hydrogens is 238 g/mol. The molecule has 0 radical (unpaired) electrons. The number of benzene rings is 1. The maximum Gasteiger partial charge on any atom is 0.0406 e. The van der Waals surface area contributed by atoms with Crippen LogP contribution in [0.1, 0.15) is 12.5 Å². The van der Waals surface area contributed by atoms with Gasteiger partial charge >= 0.3 is 0 Å². The Balaban J connectivity index is 2.40. The van der Waals surface area contributed by atoms with Crippen LogP contribution >= 0.6 is 23.4 Å². The third-order valence-electron chi connectivity index (χ3n) is 2.17. The van der Waals surface area contributed by atoms with E-state index in [0.29, 0.717) is 0 Å². The summed E-state index contributed by atoms with van der Waals surface area (Å²) in [6.07, 6.45) is 4.31. The molecule has 0 aliphatic heterocycles. The molecule has 16 heavy (non-hydrogen) atoms. The van der Waals surface area contributed by atoms with Gasteiger partial charge in [-0.3, -0.25) is 0 Å². The zero-order chi connectivity index (χ0) is 11.8. The molecule has 1 nitrogen and oxygen atoms in total. The fourth-order valence-electron chi connectivity index (χ4n) is 1.35. The summed E-state index contributed by atoms with van der Waals surface area (Å²) in [5.74, 6) is 1.16. The van der Waals surface area contributed by atoms with Gasteiger partial charge in [-0.25, -0.2) is 0 Å². The topological polar surface area (TPSA) is 12.0 Å². The minimum absolute atomic E-state index is 0.785. The molecule has 3 heteroatoms. The third kappa shape index (κ3) is 5.59. The number of rotatable bonds is 6. The van der Waals surface area contributed by atoms with Crippen LogP contribution in [0, 0.1) is 0 Å². The van der Waals surface area contributed by atoms with E-state index in [1.165, 1.54) is 11.1 Å². The summed E-state index contributed by atoms with van der Waals surface area (Å²) in [4.78, 5) is 0. The van der Waals surface area contributed by atoms with Gasteiger partial charge in [0.2, 0.25) is 0 Å². The van der Waals surface area contributed by atoms with E-state index in [2.05, 4.69) is 24.6 Å². The average Bonchev–Trinajstić information content (AvgIpc) is 2.28. The Labute approximate surface area is 107 Å². The molecule has 1 aromatic rings. The van der Waals surface area contributed by atoms with Crippen LogP contribution in [0.15, 0.2) is 29.8 Å². The molecule has 0 unspecified atom stereocenters. The SMILES string of the molecule is CSCCNC/C(C)=C/c1ccc(Cl)cc1. The van der Waals surface area contributed by atoms with Gasteiger partial charge in [0.1, 0.15) is 0 Å². The molecule has 0 spiro atoms. The molecule has 0 fully saturated rings. The molecule has 1 rings (SSSR count). The Bertz CT molecular complexity index is 332. The first-order chi connectivity index (χ1) is 7.72. The Kier molecular flexibility index (Phi) is 6.62. The summed E-state index contributed by atoms with van der Waals surface area (Å²) in [5, 5.41) is 4.19. The second kappa shape index (κ2) is 7.77. The molecule has 88 valence electrons. The van der Waals surface area contributed by atoms with Gasteiger partial charge in [-0.2, -0.15) is 11.8 Å². The van der Waals surface area contributed by atoms with Crippen molar-refractivity contribution < 1.29 is 0 Å². The smallest absolute Gasteiger partial charge is 0.0406 e. The predicted molar refractivity (Wildman–Crippen MR) is 76.4 cm³/mol. The van der Waals surface area contributed by atoms with E-state index in [4.69, 9.17) is 11.6 Å². The molecule has 1 aromatic carbocycles. The quantitative estimate of drug-likeness (QED) is 0.778. The van der Waals surface area contributed by atoms with Crippen molar-refractivity contribution in [3.8, 4) is 0 Å². The Hall–Kier alpha value is -0.440. The Morgan fingerprint density at radius 3 is 2.69 bits per heavy atom. The second-order valence-electron chi connectivity index (χ2n) is 3.71. The first-order valence-corrected chi connectivity index (χ1v) is 7.12. The van der Waals surface area contributed by atoms with E-state index in [-0.39, 0.29) is 0 Å². The normalized spacial score (nSPS) is 11.8. The van der Waals surface area contributed by atoms with Crippen molar-refractivity contribution in [1.29, 1.82) is 0 Å². The fourth-order valence-corrected chi connectivity index (χ4v) is 1.83. The number of nitrogens with one attached hydrogen (secondary N) is 1. The molecule has 0 aliphatic rings. The van der Waals surface area contributed by atoms with Crippen LogP contribution in [0.2, 0.25) is 5.02 Å². The molecule has 1 N–H and O–H groups in total. The average molecular weight is 256 g/mol. The lowest BCUT2D eigenvalue weighted by atomic mass is 10.1. The molecule has 0 aliphatic carbocycles. The van der Waals surface area contributed by atoms with E-state index in [0.717, 1.165) is 23.9 Å². The molecule has 0 saturated heterocycles. The molecule has 0 aromatic heterocycles. The van der Waals surface area contributed by atoms with Crippen molar-refractivity contribution in [2.75, 3.05) is 25.1 Å². The van der Waals surface area contributed by atoms with Crippen molar-refractivity contribution in [2.24, 2.45) is 0 Å². The van der Waals surface area contributed by atoms with Crippen molar-refractivity contribution in [1.82, 2.24) is 5.32 Å². The second-order valence-corrected chi connectivity index (χ2v) is 5.13.